The Morgan fingerprint density at radius 3 is 3.00 bits per heavy atom. The first-order chi connectivity index (χ1) is 8.78. The summed E-state index contributed by atoms with van der Waals surface area (Å²) in [5.41, 5.74) is 0.873. The van der Waals surface area contributed by atoms with Crippen LogP contribution >= 0.6 is 0 Å². The Kier molecular flexibility index (Phi) is 2.87. The molecule has 2 aromatic rings. The molecule has 1 saturated carbocycles. The van der Waals surface area contributed by atoms with E-state index in [4.69, 9.17) is 4.52 Å². The highest BCUT2D eigenvalue weighted by Gasteiger charge is 2.31. The molecule has 18 heavy (non-hydrogen) atoms. The van der Waals surface area contributed by atoms with Crippen LogP contribution < -0.4 is 5.32 Å². The number of likely N-dealkylation sites (N-methyl/N-ethyl adjacent to an activating group) is 1. The SMILES string of the molecule is CNC(Cc1nc(-c2cncn2C)no1)C1CC1. The fourth-order valence-electron chi connectivity index (χ4n) is 2.21. The molecule has 2 heterocycles. The number of aryl methyl sites for hydroxylation is 1. The van der Waals surface area contributed by atoms with Gasteiger partial charge in [0.2, 0.25) is 11.7 Å². The van der Waals surface area contributed by atoms with Crippen LogP contribution in [0.3, 0.4) is 0 Å². The van der Waals surface area contributed by atoms with Crippen molar-refractivity contribution in [2.75, 3.05) is 7.05 Å². The van der Waals surface area contributed by atoms with Gasteiger partial charge >= 0.3 is 0 Å². The Bertz CT molecular complexity index is 528. The third-order valence-corrected chi connectivity index (χ3v) is 3.47. The van der Waals surface area contributed by atoms with E-state index in [1.54, 1.807) is 12.5 Å². The van der Waals surface area contributed by atoms with E-state index in [2.05, 4.69) is 20.4 Å². The van der Waals surface area contributed by atoms with Crippen LogP contribution in [0.1, 0.15) is 18.7 Å². The minimum Gasteiger partial charge on any atom is -0.339 e. The summed E-state index contributed by atoms with van der Waals surface area (Å²) in [6.45, 7) is 0. The van der Waals surface area contributed by atoms with E-state index in [1.807, 2.05) is 18.7 Å². The maximum absolute atomic E-state index is 5.31. The van der Waals surface area contributed by atoms with Gasteiger partial charge in [-0.1, -0.05) is 5.16 Å². The van der Waals surface area contributed by atoms with E-state index in [9.17, 15) is 0 Å². The minimum absolute atomic E-state index is 0.449. The molecule has 0 aliphatic heterocycles. The van der Waals surface area contributed by atoms with Gasteiger partial charge in [-0.2, -0.15) is 4.98 Å². The van der Waals surface area contributed by atoms with Gasteiger partial charge in [0.15, 0.2) is 0 Å². The molecule has 0 bridgehead atoms. The molecular weight excluding hydrogens is 230 g/mol. The summed E-state index contributed by atoms with van der Waals surface area (Å²) in [5, 5.41) is 7.33. The number of aromatic nitrogens is 4. The Balaban J connectivity index is 1.75. The largest absolute Gasteiger partial charge is 0.339 e. The van der Waals surface area contributed by atoms with E-state index in [1.165, 1.54) is 12.8 Å². The van der Waals surface area contributed by atoms with Crippen LogP contribution in [0.25, 0.3) is 11.5 Å². The fraction of sp³-hybridized carbons (Fsp3) is 0.583. The summed E-state index contributed by atoms with van der Waals surface area (Å²) >= 11 is 0. The molecular formula is C12H17N5O. The monoisotopic (exact) mass is 247 g/mol. The maximum atomic E-state index is 5.31. The van der Waals surface area contributed by atoms with Crippen molar-refractivity contribution in [3.63, 3.8) is 0 Å². The lowest BCUT2D eigenvalue weighted by Crippen LogP contribution is -2.29. The van der Waals surface area contributed by atoms with Gasteiger partial charge in [0.1, 0.15) is 5.69 Å². The number of nitrogens with zero attached hydrogens (tertiary/aromatic N) is 4. The Hall–Kier alpha value is -1.69. The first-order valence-corrected chi connectivity index (χ1v) is 6.24. The third-order valence-electron chi connectivity index (χ3n) is 3.47. The molecule has 1 unspecified atom stereocenters. The van der Waals surface area contributed by atoms with Gasteiger partial charge in [-0.15, -0.1) is 0 Å². The van der Waals surface area contributed by atoms with E-state index >= 15 is 0 Å². The fourth-order valence-corrected chi connectivity index (χ4v) is 2.21. The van der Waals surface area contributed by atoms with Crippen molar-refractivity contribution < 1.29 is 4.52 Å². The lowest BCUT2D eigenvalue weighted by Gasteiger charge is -2.11. The van der Waals surface area contributed by atoms with Gasteiger partial charge in [0.05, 0.1) is 12.5 Å². The summed E-state index contributed by atoms with van der Waals surface area (Å²) in [5.74, 6) is 2.06. The zero-order chi connectivity index (χ0) is 12.5. The molecule has 0 saturated heterocycles. The molecule has 0 spiro atoms. The summed E-state index contributed by atoms with van der Waals surface area (Å²) in [4.78, 5) is 8.48. The van der Waals surface area contributed by atoms with Crippen molar-refractivity contribution in [1.29, 1.82) is 0 Å². The zero-order valence-corrected chi connectivity index (χ0v) is 10.6. The number of nitrogens with one attached hydrogen (secondary N) is 1. The molecule has 1 aliphatic rings. The smallest absolute Gasteiger partial charge is 0.228 e. The van der Waals surface area contributed by atoms with Gasteiger partial charge in [0.25, 0.3) is 0 Å². The average Bonchev–Trinajstić information content (AvgIpc) is 2.96. The second-order valence-corrected chi connectivity index (χ2v) is 4.84. The van der Waals surface area contributed by atoms with Gasteiger partial charge in [-0.25, -0.2) is 4.98 Å². The summed E-state index contributed by atoms with van der Waals surface area (Å²) in [7, 11) is 3.90. The lowest BCUT2D eigenvalue weighted by molar-refractivity contribution is 0.352. The zero-order valence-electron chi connectivity index (χ0n) is 10.6. The van der Waals surface area contributed by atoms with E-state index in [0.29, 0.717) is 17.8 Å². The predicted molar refractivity (Wildman–Crippen MR) is 65.8 cm³/mol. The highest BCUT2D eigenvalue weighted by Crippen LogP contribution is 2.33. The lowest BCUT2D eigenvalue weighted by atomic mass is 10.1. The number of imidazole rings is 1. The summed E-state index contributed by atoms with van der Waals surface area (Å²) in [6.07, 6.45) is 6.87. The summed E-state index contributed by atoms with van der Waals surface area (Å²) in [6, 6.07) is 0.449. The Morgan fingerprint density at radius 2 is 2.39 bits per heavy atom. The first kappa shape index (κ1) is 11.4. The normalized spacial score (nSPS) is 17.0. The van der Waals surface area contributed by atoms with Crippen molar-refractivity contribution in [2.45, 2.75) is 25.3 Å². The van der Waals surface area contributed by atoms with Gasteiger partial charge < -0.3 is 14.4 Å². The molecule has 3 rings (SSSR count). The van der Waals surface area contributed by atoms with Gasteiger partial charge in [-0.05, 0) is 25.8 Å². The second-order valence-electron chi connectivity index (χ2n) is 4.84. The van der Waals surface area contributed by atoms with Crippen LogP contribution in [-0.2, 0) is 13.5 Å². The molecule has 6 nitrogen and oxygen atoms in total. The molecule has 1 N–H and O–H groups in total. The Labute approximate surface area is 105 Å². The van der Waals surface area contributed by atoms with Gasteiger partial charge in [0, 0.05) is 19.5 Å². The van der Waals surface area contributed by atoms with Crippen LogP contribution in [0.2, 0.25) is 0 Å². The number of hydrogen-bond donors (Lipinski definition) is 1. The molecule has 1 fully saturated rings. The quantitative estimate of drug-likeness (QED) is 0.854. The van der Waals surface area contributed by atoms with Crippen molar-refractivity contribution in [3.05, 3.63) is 18.4 Å². The van der Waals surface area contributed by atoms with Crippen molar-refractivity contribution in [1.82, 2.24) is 25.0 Å². The molecule has 6 heteroatoms. The highest BCUT2D eigenvalue weighted by atomic mass is 16.5. The van der Waals surface area contributed by atoms with E-state index in [0.717, 1.165) is 18.0 Å². The highest BCUT2D eigenvalue weighted by molar-refractivity contribution is 5.47. The van der Waals surface area contributed by atoms with E-state index in [-0.39, 0.29) is 0 Å². The molecule has 0 aromatic carbocycles. The molecule has 1 aliphatic carbocycles. The van der Waals surface area contributed by atoms with Crippen molar-refractivity contribution in [2.24, 2.45) is 13.0 Å². The molecule has 1 atom stereocenters. The second kappa shape index (κ2) is 4.53. The van der Waals surface area contributed by atoms with Crippen molar-refractivity contribution >= 4 is 0 Å². The van der Waals surface area contributed by atoms with Crippen LogP contribution in [-0.4, -0.2) is 32.8 Å². The standard InChI is InChI=1S/C12H17N5O/c1-13-9(8-3-4-8)5-11-15-12(16-18-11)10-6-14-7-17(10)2/h6-9,13H,3-5H2,1-2H3. The van der Waals surface area contributed by atoms with Crippen LogP contribution in [0.4, 0.5) is 0 Å². The predicted octanol–water partition coefficient (Wildman–Crippen LogP) is 1.01. The molecule has 0 amide bonds. The average molecular weight is 247 g/mol. The first-order valence-electron chi connectivity index (χ1n) is 6.24. The van der Waals surface area contributed by atoms with Crippen LogP contribution in [0.15, 0.2) is 17.0 Å². The number of hydrogen-bond acceptors (Lipinski definition) is 5. The van der Waals surface area contributed by atoms with Crippen molar-refractivity contribution in [3.8, 4) is 11.5 Å². The minimum atomic E-state index is 0.449. The molecule has 2 aromatic heterocycles. The number of rotatable bonds is 5. The van der Waals surface area contributed by atoms with Crippen LogP contribution in [0.5, 0.6) is 0 Å². The third kappa shape index (κ3) is 2.15. The van der Waals surface area contributed by atoms with E-state index < -0.39 is 0 Å². The molecule has 0 radical (unpaired) electrons. The topological polar surface area (TPSA) is 68.8 Å². The Morgan fingerprint density at radius 1 is 1.56 bits per heavy atom. The van der Waals surface area contributed by atoms with Crippen LogP contribution in [0, 0.1) is 5.92 Å². The van der Waals surface area contributed by atoms with Gasteiger partial charge in [-0.3, -0.25) is 0 Å². The summed E-state index contributed by atoms with van der Waals surface area (Å²) < 4.78 is 7.19. The maximum Gasteiger partial charge on any atom is 0.228 e. The molecule has 96 valence electrons.